The quantitative estimate of drug-likeness (QED) is 0.433. The summed E-state index contributed by atoms with van der Waals surface area (Å²) in [5.74, 6) is 0.686. The molecule has 0 saturated carbocycles. The molecule has 8 heteroatoms. The van der Waals surface area contributed by atoms with E-state index in [-0.39, 0.29) is 10.9 Å². The highest BCUT2D eigenvalue weighted by Gasteiger charge is 2.30. The fraction of sp³-hybridized carbons (Fsp3) is 0.269. The Bertz CT molecular complexity index is 1180. The highest BCUT2D eigenvalue weighted by Crippen LogP contribution is 2.32. The Balaban J connectivity index is 1.93. The van der Waals surface area contributed by atoms with Crippen LogP contribution in [0.25, 0.3) is 0 Å². The molecule has 0 aliphatic rings. The smallest absolute Gasteiger partial charge is 0.264 e. The second kappa shape index (κ2) is 11.6. The molecule has 0 heterocycles. The second-order valence-electron chi connectivity index (χ2n) is 7.53. The van der Waals surface area contributed by atoms with Crippen LogP contribution in [0.3, 0.4) is 0 Å². The Morgan fingerprint density at radius 3 is 2.21 bits per heavy atom. The summed E-state index contributed by atoms with van der Waals surface area (Å²) in [6, 6.07) is 22.0. The zero-order chi connectivity index (χ0) is 24.6. The van der Waals surface area contributed by atoms with Crippen LogP contribution in [0.2, 0.25) is 0 Å². The number of nitrogens with one attached hydrogen (secondary N) is 1. The molecule has 34 heavy (non-hydrogen) atoms. The number of hydrogen-bond donors (Lipinski definition) is 1. The van der Waals surface area contributed by atoms with Crippen LogP contribution in [-0.2, 0) is 14.8 Å². The second-order valence-corrected chi connectivity index (χ2v) is 9.39. The maximum Gasteiger partial charge on any atom is 0.264 e. The molecule has 0 spiro atoms. The highest BCUT2D eigenvalue weighted by molar-refractivity contribution is 7.92. The van der Waals surface area contributed by atoms with Crippen molar-refractivity contribution in [2.45, 2.75) is 31.2 Å². The van der Waals surface area contributed by atoms with Crippen LogP contribution in [0.15, 0.2) is 83.8 Å². The summed E-state index contributed by atoms with van der Waals surface area (Å²) in [5, 5.41) is 2.97. The minimum atomic E-state index is -4.03. The summed E-state index contributed by atoms with van der Waals surface area (Å²) < 4.78 is 39.2. The molecule has 0 aliphatic heterocycles. The van der Waals surface area contributed by atoms with Gasteiger partial charge in [0.05, 0.1) is 30.3 Å². The van der Waals surface area contributed by atoms with E-state index in [2.05, 4.69) is 5.32 Å². The Morgan fingerprint density at radius 1 is 0.941 bits per heavy atom. The van der Waals surface area contributed by atoms with Crippen molar-refractivity contribution >= 4 is 21.6 Å². The number of para-hydroxylation sites is 2. The molecule has 1 amide bonds. The summed E-state index contributed by atoms with van der Waals surface area (Å²) in [7, 11) is -2.44. The maximum absolute atomic E-state index is 13.6. The third-order valence-electron chi connectivity index (χ3n) is 5.31. The lowest BCUT2D eigenvalue weighted by Crippen LogP contribution is -2.42. The van der Waals surface area contributed by atoms with Gasteiger partial charge >= 0.3 is 0 Å². The number of carbonyl (C=O) groups excluding carboxylic acids is 1. The van der Waals surface area contributed by atoms with Gasteiger partial charge in [-0.3, -0.25) is 9.10 Å². The van der Waals surface area contributed by atoms with Crippen LogP contribution < -0.4 is 19.1 Å². The molecular weight excluding hydrogens is 452 g/mol. The van der Waals surface area contributed by atoms with E-state index in [0.29, 0.717) is 24.5 Å². The van der Waals surface area contributed by atoms with Crippen LogP contribution in [-0.4, -0.2) is 34.6 Å². The van der Waals surface area contributed by atoms with Gasteiger partial charge in [0.1, 0.15) is 18.0 Å². The van der Waals surface area contributed by atoms with Gasteiger partial charge in [0, 0.05) is 0 Å². The number of methoxy groups -OCH3 is 1. The molecule has 0 bridgehead atoms. The first-order valence-electron chi connectivity index (χ1n) is 11.1. The van der Waals surface area contributed by atoms with Crippen molar-refractivity contribution in [1.82, 2.24) is 5.32 Å². The molecular formula is C26H30N2O5S. The van der Waals surface area contributed by atoms with Gasteiger partial charge in [0.25, 0.3) is 10.0 Å². The van der Waals surface area contributed by atoms with Gasteiger partial charge in [0.15, 0.2) is 0 Å². The number of rotatable bonds is 11. The number of hydrogen-bond acceptors (Lipinski definition) is 5. The summed E-state index contributed by atoms with van der Waals surface area (Å²) in [5.41, 5.74) is 1.21. The van der Waals surface area contributed by atoms with Gasteiger partial charge in [0.2, 0.25) is 5.91 Å². The van der Waals surface area contributed by atoms with Gasteiger partial charge in [-0.2, -0.15) is 0 Å². The Kier molecular flexibility index (Phi) is 8.54. The largest absolute Gasteiger partial charge is 0.497 e. The zero-order valence-electron chi connectivity index (χ0n) is 19.6. The molecule has 0 aromatic heterocycles. The maximum atomic E-state index is 13.6. The van der Waals surface area contributed by atoms with Crippen molar-refractivity contribution in [2.75, 3.05) is 24.6 Å². The van der Waals surface area contributed by atoms with E-state index < -0.39 is 22.5 Å². The van der Waals surface area contributed by atoms with E-state index >= 15 is 0 Å². The van der Waals surface area contributed by atoms with E-state index in [9.17, 15) is 13.2 Å². The van der Waals surface area contributed by atoms with Crippen molar-refractivity contribution < 1.29 is 22.7 Å². The van der Waals surface area contributed by atoms with E-state index in [1.54, 1.807) is 49.6 Å². The van der Waals surface area contributed by atoms with E-state index in [1.165, 1.54) is 12.1 Å². The first-order chi connectivity index (χ1) is 16.4. The molecule has 0 saturated heterocycles. The summed E-state index contributed by atoms with van der Waals surface area (Å²) in [6.07, 6.45) is 0.638. The third-order valence-corrected chi connectivity index (χ3v) is 7.09. The van der Waals surface area contributed by atoms with Crippen LogP contribution in [0.4, 0.5) is 5.69 Å². The minimum Gasteiger partial charge on any atom is -0.497 e. The van der Waals surface area contributed by atoms with Crippen molar-refractivity contribution in [3.05, 3.63) is 84.4 Å². The van der Waals surface area contributed by atoms with Gasteiger partial charge < -0.3 is 14.8 Å². The number of nitrogens with zero attached hydrogens (tertiary/aromatic N) is 1. The average molecular weight is 483 g/mol. The van der Waals surface area contributed by atoms with E-state index in [1.807, 2.05) is 38.1 Å². The lowest BCUT2D eigenvalue weighted by molar-refractivity contribution is -0.120. The van der Waals surface area contributed by atoms with Crippen LogP contribution in [0.5, 0.6) is 11.5 Å². The molecule has 0 aliphatic carbocycles. The van der Waals surface area contributed by atoms with Crippen LogP contribution >= 0.6 is 0 Å². The summed E-state index contributed by atoms with van der Waals surface area (Å²) in [4.78, 5) is 13.3. The third kappa shape index (κ3) is 5.88. The molecule has 180 valence electrons. The average Bonchev–Trinajstić information content (AvgIpc) is 2.87. The molecule has 0 radical (unpaired) electrons. The minimum absolute atomic E-state index is 0.0938. The predicted molar refractivity (Wildman–Crippen MR) is 133 cm³/mol. The molecule has 0 fully saturated rings. The number of amides is 1. The molecule has 1 atom stereocenters. The Hall–Kier alpha value is -3.52. The van der Waals surface area contributed by atoms with Gasteiger partial charge in [-0.05, 0) is 55.3 Å². The number of anilines is 1. The first kappa shape index (κ1) is 25.1. The SMILES string of the molecule is CCOc1ccccc1N(CC(=O)NC(CC)c1ccc(OC)cc1)S(=O)(=O)c1ccccc1. The molecule has 3 aromatic carbocycles. The standard InChI is InChI=1S/C26H30N2O5S/c1-4-23(20-15-17-21(32-3)18-16-20)27-26(29)19-28(24-13-9-10-14-25(24)33-5-2)34(30,31)22-11-7-6-8-12-22/h6-18,23H,4-5,19H2,1-3H3,(H,27,29). The fourth-order valence-electron chi connectivity index (χ4n) is 3.59. The number of benzene rings is 3. The Labute approximate surface area is 201 Å². The van der Waals surface area contributed by atoms with Crippen molar-refractivity contribution in [3.63, 3.8) is 0 Å². The number of ether oxygens (including phenoxy) is 2. The van der Waals surface area contributed by atoms with Gasteiger partial charge in [-0.15, -0.1) is 0 Å². The van der Waals surface area contributed by atoms with Gasteiger partial charge in [-0.1, -0.05) is 49.4 Å². The number of sulfonamides is 1. The van der Waals surface area contributed by atoms with Crippen LogP contribution in [0.1, 0.15) is 31.9 Å². The lowest BCUT2D eigenvalue weighted by atomic mass is 10.0. The van der Waals surface area contributed by atoms with Crippen molar-refractivity contribution in [1.29, 1.82) is 0 Å². The van der Waals surface area contributed by atoms with E-state index in [0.717, 1.165) is 15.6 Å². The first-order valence-corrected chi connectivity index (χ1v) is 12.6. The normalized spacial score (nSPS) is 12.0. The number of carbonyl (C=O) groups is 1. The zero-order valence-corrected chi connectivity index (χ0v) is 20.4. The molecule has 1 N–H and O–H groups in total. The molecule has 3 rings (SSSR count). The van der Waals surface area contributed by atoms with E-state index in [4.69, 9.17) is 9.47 Å². The lowest BCUT2D eigenvalue weighted by Gasteiger charge is -2.27. The molecule has 3 aromatic rings. The van der Waals surface area contributed by atoms with Gasteiger partial charge in [-0.25, -0.2) is 8.42 Å². The highest BCUT2D eigenvalue weighted by atomic mass is 32.2. The van der Waals surface area contributed by atoms with Crippen molar-refractivity contribution in [2.24, 2.45) is 0 Å². The summed E-state index contributed by atoms with van der Waals surface area (Å²) >= 11 is 0. The monoisotopic (exact) mass is 482 g/mol. The van der Waals surface area contributed by atoms with Crippen LogP contribution in [0, 0.1) is 0 Å². The predicted octanol–water partition coefficient (Wildman–Crippen LogP) is 4.56. The fourth-order valence-corrected chi connectivity index (χ4v) is 5.04. The topological polar surface area (TPSA) is 84.9 Å². The molecule has 7 nitrogen and oxygen atoms in total. The Morgan fingerprint density at radius 2 is 1.59 bits per heavy atom. The molecule has 1 unspecified atom stereocenters. The summed E-state index contributed by atoms with van der Waals surface area (Å²) in [6.45, 7) is 3.74. The van der Waals surface area contributed by atoms with Crippen molar-refractivity contribution in [3.8, 4) is 11.5 Å².